The van der Waals surface area contributed by atoms with Crippen molar-refractivity contribution in [2.75, 3.05) is 30.4 Å². The number of alkyl halides is 5. The summed E-state index contributed by atoms with van der Waals surface area (Å²) >= 11 is 6.04. The summed E-state index contributed by atoms with van der Waals surface area (Å²) in [6, 6.07) is -1.12. The number of H-pyrrole nitrogens is 1. The first-order chi connectivity index (χ1) is 22.4. The van der Waals surface area contributed by atoms with Crippen LogP contribution >= 0.6 is 11.6 Å². The molecule has 0 bridgehead atoms. The van der Waals surface area contributed by atoms with Gasteiger partial charge in [0.1, 0.15) is 17.0 Å². The maximum absolute atomic E-state index is 14.1. The van der Waals surface area contributed by atoms with Crippen LogP contribution in [0.3, 0.4) is 0 Å². The van der Waals surface area contributed by atoms with Crippen molar-refractivity contribution >= 4 is 29.4 Å². The van der Waals surface area contributed by atoms with Crippen LogP contribution in [0.15, 0.2) is 37.2 Å². The van der Waals surface area contributed by atoms with E-state index in [0.29, 0.717) is 43.1 Å². The van der Waals surface area contributed by atoms with Gasteiger partial charge < -0.3 is 15.0 Å². The van der Waals surface area contributed by atoms with E-state index >= 15 is 0 Å². The Hall–Kier alpha value is -4.74. The van der Waals surface area contributed by atoms with Gasteiger partial charge in [-0.15, -0.1) is 0 Å². The normalized spacial score (nSPS) is 19.4. The van der Waals surface area contributed by atoms with Gasteiger partial charge in [-0.2, -0.15) is 18.3 Å². The minimum atomic E-state index is -4.74. The molecule has 47 heavy (non-hydrogen) atoms. The van der Waals surface area contributed by atoms with E-state index in [1.807, 2.05) is 0 Å². The number of ether oxygens (including phenoxy) is 1. The molecule has 1 saturated heterocycles. The lowest BCUT2D eigenvalue weighted by Crippen LogP contribution is -2.50. The van der Waals surface area contributed by atoms with Crippen LogP contribution in [-0.4, -0.2) is 89.2 Å². The number of hydrogen-bond donors (Lipinski definition) is 2. The van der Waals surface area contributed by atoms with E-state index in [2.05, 4.69) is 45.4 Å². The van der Waals surface area contributed by atoms with Gasteiger partial charge in [0.2, 0.25) is 5.95 Å². The first-order valence-electron chi connectivity index (χ1n) is 14.5. The molecule has 1 aliphatic heterocycles. The lowest BCUT2D eigenvalue weighted by atomic mass is 9.90. The van der Waals surface area contributed by atoms with Crippen molar-refractivity contribution in [1.82, 2.24) is 45.0 Å². The highest BCUT2D eigenvalue weighted by Gasteiger charge is 2.44. The van der Waals surface area contributed by atoms with Gasteiger partial charge in [-0.3, -0.25) is 15.0 Å². The van der Waals surface area contributed by atoms with E-state index in [4.69, 9.17) is 16.3 Å². The van der Waals surface area contributed by atoms with Crippen LogP contribution in [0.5, 0.6) is 6.01 Å². The number of nitrogens with one attached hydrogen (secondary N) is 2. The third-order valence-electron chi connectivity index (χ3n) is 7.95. The summed E-state index contributed by atoms with van der Waals surface area (Å²) in [4.78, 5) is 41.1. The fourth-order valence-corrected chi connectivity index (χ4v) is 5.76. The summed E-state index contributed by atoms with van der Waals surface area (Å²) in [6.45, 7) is -0.816. The van der Waals surface area contributed by atoms with Crippen LogP contribution < -0.4 is 15.0 Å². The Morgan fingerprint density at radius 3 is 2.36 bits per heavy atom. The Bertz CT molecular complexity index is 1720. The largest absolute Gasteiger partial charge is 0.467 e. The molecule has 5 heterocycles. The third kappa shape index (κ3) is 7.01. The van der Waals surface area contributed by atoms with Crippen molar-refractivity contribution in [3.05, 3.63) is 47.8 Å². The number of likely N-dealkylation sites (tertiary alicyclic amines) is 1. The smallest absolute Gasteiger partial charge is 0.420 e. The van der Waals surface area contributed by atoms with E-state index in [9.17, 15) is 26.7 Å². The number of aromatic nitrogens is 8. The van der Waals surface area contributed by atoms with Gasteiger partial charge in [-0.25, -0.2) is 38.5 Å². The van der Waals surface area contributed by atoms with Gasteiger partial charge in [0.05, 0.1) is 36.8 Å². The van der Waals surface area contributed by atoms with Gasteiger partial charge in [-0.05, 0) is 25.7 Å². The van der Waals surface area contributed by atoms with Crippen molar-refractivity contribution < 1.29 is 31.5 Å². The number of rotatable bonds is 7. The molecular formula is C28H27ClF5N11O2. The lowest BCUT2D eigenvalue weighted by molar-refractivity contribution is -0.137. The Labute approximate surface area is 269 Å². The molecule has 1 saturated carbocycles. The zero-order chi connectivity index (χ0) is 33.3. The number of nitrogens with zero attached hydrogens (tertiary/aromatic N) is 9. The van der Waals surface area contributed by atoms with E-state index in [0.717, 1.165) is 4.90 Å². The van der Waals surface area contributed by atoms with Gasteiger partial charge in [0.15, 0.2) is 5.82 Å². The monoisotopic (exact) mass is 679 g/mol. The second kappa shape index (κ2) is 12.8. The third-order valence-corrected chi connectivity index (χ3v) is 8.23. The quantitative estimate of drug-likeness (QED) is 0.240. The molecule has 2 N–H and O–H groups in total. The average Bonchev–Trinajstić information content (AvgIpc) is 3.66. The molecule has 6 rings (SSSR count). The predicted octanol–water partition coefficient (Wildman–Crippen LogP) is 5.49. The number of carbonyl (C=O) groups is 1. The number of aromatic amines is 1. The second-order valence-electron chi connectivity index (χ2n) is 11.1. The molecule has 2 aliphatic rings. The van der Waals surface area contributed by atoms with Crippen LogP contribution in [0, 0.1) is 0 Å². The first kappa shape index (κ1) is 32.2. The van der Waals surface area contributed by atoms with Crippen LogP contribution in [-0.2, 0) is 6.18 Å². The van der Waals surface area contributed by atoms with Crippen LogP contribution in [0.2, 0.25) is 5.02 Å². The van der Waals surface area contributed by atoms with Gasteiger partial charge in [0.25, 0.3) is 5.92 Å². The predicted molar refractivity (Wildman–Crippen MR) is 158 cm³/mol. The molecule has 4 aromatic heterocycles. The fraction of sp³-hybridized carbons (Fsp3) is 0.429. The minimum Gasteiger partial charge on any atom is -0.467 e. The fourth-order valence-electron chi connectivity index (χ4n) is 5.58. The van der Waals surface area contributed by atoms with Gasteiger partial charge >= 0.3 is 18.2 Å². The summed E-state index contributed by atoms with van der Waals surface area (Å²) in [5.41, 5.74) is -0.749. The zero-order valence-corrected chi connectivity index (χ0v) is 25.4. The Morgan fingerprint density at radius 2 is 1.79 bits per heavy atom. The van der Waals surface area contributed by atoms with Crippen molar-refractivity contribution in [2.45, 2.75) is 56.3 Å². The maximum Gasteiger partial charge on any atom is 0.420 e. The maximum atomic E-state index is 14.1. The molecular weight excluding hydrogens is 653 g/mol. The summed E-state index contributed by atoms with van der Waals surface area (Å²) in [5.74, 6) is -2.86. The van der Waals surface area contributed by atoms with Crippen LogP contribution in [0.4, 0.5) is 38.5 Å². The Morgan fingerprint density at radius 1 is 1.04 bits per heavy atom. The molecule has 0 radical (unpaired) electrons. The molecule has 13 nitrogen and oxygen atoms in total. The van der Waals surface area contributed by atoms with E-state index in [1.54, 1.807) is 0 Å². The highest BCUT2D eigenvalue weighted by molar-refractivity contribution is 6.32. The molecule has 4 aromatic rings. The minimum absolute atomic E-state index is 0.0327. The molecule has 2 fully saturated rings. The zero-order valence-electron chi connectivity index (χ0n) is 24.7. The van der Waals surface area contributed by atoms with Crippen LogP contribution in [0.25, 0.3) is 22.6 Å². The average molecular weight is 680 g/mol. The topological polar surface area (TPSA) is 151 Å². The first-order valence-corrected chi connectivity index (χ1v) is 14.8. The number of halogens is 6. The number of methoxy groups -OCH3 is 1. The van der Waals surface area contributed by atoms with Crippen LogP contribution in [0.1, 0.15) is 37.7 Å². The van der Waals surface area contributed by atoms with Crippen molar-refractivity contribution in [3.8, 4) is 28.7 Å². The molecule has 0 atom stereocenters. The SMILES string of the molecule is COc1ncc(-c2cnc(N(C(=O)N3CCC(F)(F)C3)C3CCC(Nc4ncc(C(F)(F)F)c(-c5n[nH]cc5Cl)n4)CC3)cn2)cn1. The molecule has 0 aromatic carbocycles. The highest BCUT2D eigenvalue weighted by Crippen LogP contribution is 2.38. The molecule has 1 aliphatic carbocycles. The van der Waals surface area contributed by atoms with E-state index in [1.165, 1.54) is 43.0 Å². The van der Waals surface area contributed by atoms with Crippen molar-refractivity contribution in [2.24, 2.45) is 0 Å². The van der Waals surface area contributed by atoms with E-state index < -0.39 is 48.4 Å². The number of hydrogen-bond acceptors (Lipinski definition) is 10. The molecule has 0 unspecified atom stereocenters. The van der Waals surface area contributed by atoms with Crippen molar-refractivity contribution in [1.29, 1.82) is 0 Å². The number of anilines is 2. The second-order valence-corrected chi connectivity index (χ2v) is 11.5. The summed E-state index contributed by atoms with van der Waals surface area (Å²) < 4.78 is 74.2. The summed E-state index contributed by atoms with van der Waals surface area (Å²) in [7, 11) is 1.44. The highest BCUT2D eigenvalue weighted by atomic mass is 35.5. The lowest BCUT2D eigenvalue weighted by Gasteiger charge is -2.38. The molecule has 19 heteroatoms. The number of urea groups is 1. The Balaban J connectivity index is 1.20. The van der Waals surface area contributed by atoms with E-state index in [-0.39, 0.29) is 41.1 Å². The molecule has 248 valence electrons. The van der Waals surface area contributed by atoms with Crippen molar-refractivity contribution in [3.63, 3.8) is 0 Å². The standard InChI is InChI=1S/C28H27ClF5N11O2/c1-47-25-38-8-15(9-39-25)20-12-36-21(13-35-20)45(26(46)44-7-6-27(30,31)14-44)17-4-2-16(3-5-17)41-24-37-10-18(28(32,33)34)22(42-24)23-19(29)11-40-43-23/h8-13,16-17H,2-7,14H2,1H3,(H,40,43)(H,37,41,42). The van der Waals surface area contributed by atoms with Gasteiger partial charge in [0, 0.05) is 55.4 Å². The summed E-state index contributed by atoms with van der Waals surface area (Å²) in [6.07, 6.45) is 4.34. The number of carbonyl (C=O) groups excluding carboxylic acids is 1. The summed E-state index contributed by atoms with van der Waals surface area (Å²) in [5, 5.41) is 9.28. The number of amides is 2. The molecule has 0 spiro atoms. The van der Waals surface area contributed by atoms with Gasteiger partial charge in [-0.1, -0.05) is 11.6 Å². The Kier molecular flexibility index (Phi) is 8.78. The molecule has 2 amide bonds.